The summed E-state index contributed by atoms with van der Waals surface area (Å²) in [5.41, 5.74) is 1.33. The first kappa shape index (κ1) is 12.8. The molecule has 0 radical (unpaired) electrons. The third kappa shape index (κ3) is 1.73. The Morgan fingerprint density at radius 1 is 1.23 bits per heavy atom. The van der Waals surface area contributed by atoms with Gasteiger partial charge in [-0.05, 0) is 56.8 Å². The van der Waals surface area contributed by atoms with Gasteiger partial charge in [-0.25, -0.2) is 9.97 Å². The summed E-state index contributed by atoms with van der Waals surface area (Å²) < 4.78 is 0. The van der Waals surface area contributed by atoms with Gasteiger partial charge in [0.1, 0.15) is 12.1 Å². The minimum Gasteiger partial charge on any atom is -0.390 e. The van der Waals surface area contributed by atoms with Crippen LogP contribution in [0.2, 0.25) is 0 Å². The van der Waals surface area contributed by atoms with E-state index in [9.17, 15) is 5.11 Å². The van der Waals surface area contributed by atoms with E-state index in [-0.39, 0.29) is 5.60 Å². The number of anilines is 1. The highest BCUT2D eigenvalue weighted by molar-refractivity contribution is 5.88. The highest BCUT2D eigenvalue weighted by atomic mass is 16.3. The van der Waals surface area contributed by atoms with Gasteiger partial charge in [0.2, 0.25) is 0 Å². The predicted molar refractivity (Wildman–Crippen MR) is 82.3 cm³/mol. The summed E-state index contributed by atoms with van der Waals surface area (Å²) in [7, 11) is 0. The fourth-order valence-electron chi connectivity index (χ4n) is 5.48. The normalized spacial score (nSPS) is 39.5. The number of aromatic nitrogens is 4. The van der Waals surface area contributed by atoms with E-state index in [1.807, 2.05) is 6.92 Å². The molecule has 22 heavy (non-hydrogen) atoms. The molecule has 2 aromatic rings. The maximum Gasteiger partial charge on any atom is 0.186 e. The van der Waals surface area contributed by atoms with Crippen molar-refractivity contribution in [1.82, 2.24) is 20.2 Å². The Kier molecular flexibility index (Phi) is 2.44. The zero-order valence-electron chi connectivity index (χ0n) is 12.7. The minimum absolute atomic E-state index is 0.388. The molecule has 116 valence electrons. The van der Waals surface area contributed by atoms with Crippen LogP contribution in [0.5, 0.6) is 0 Å². The van der Waals surface area contributed by atoms with Crippen molar-refractivity contribution in [2.45, 2.75) is 50.7 Å². The number of hydrogen-bond acceptors (Lipinski definition) is 5. The molecule has 0 amide bonds. The summed E-state index contributed by atoms with van der Waals surface area (Å²) in [5, 5.41) is 22.6. The van der Waals surface area contributed by atoms with Crippen molar-refractivity contribution in [3.05, 3.63) is 12.0 Å². The first-order valence-corrected chi connectivity index (χ1v) is 8.26. The molecule has 0 aromatic carbocycles. The molecular formula is C16H21N5O. The summed E-state index contributed by atoms with van der Waals surface area (Å²) in [6.07, 6.45) is 6.97. The van der Waals surface area contributed by atoms with Gasteiger partial charge >= 0.3 is 0 Å². The fraction of sp³-hybridized carbons (Fsp3) is 0.688. The van der Waals surface area contributed by atoms with Crippen molar-refractivity contribution < 1.29 is 5.11 Å². The van der Waals surface area contributed by atoms with Crippen LogP contribution in [0.3, 0.4) is 0 Å². The first-order valence-electron chi connectivity index (χ1n) is 8.26. The first-order chi connectivity index (χ1) is 10.6. The molecular weight excluding hydrogens is 278 g/mol. The van der Waals surface area contributed by atoms with Crippen LogP contribution in [0, 0.1) is 24.7 Å². The molecule has 0 aliphatic heterocycles. The lowest BCUT2D eigenvalue weighted by Crippen LogP contribution is -2.59. The third-order valence-corrected chi connectivity index (χ3v) is 6.08. The maximum atomic E-state index is 10.7. The lowest BCUT2D eigenvalue weighted by atomic mass is 9.52. The van der Waals surface area contributed by atoms with Gasteiger partial charge in [-0.15, -0.1) is 0 Å². The molecule has 0 spiro atoms. The van der Waals surface area contributed by atoms with E-state index in [2.05, 4.69) is 25.5 Å². The standard InChI is InChI=1S/C16H21N5O/c1-8-12-14(17-7-18-15(12)21-20-8)19-13-10-2-9-3-11(13)6-16(22,4-9)5-10/h7,9-11,13,22H,2-6H2,1H3,(H2,17,18,19,20,21). The van der Waals surface area contributed by atoms with Gasteiger partial charge in [-0.2, -0.15) is 5.10 Å². The highest BCUT2D eigenvalue weighted by Gasteiger charge is 2.54. The molecule has 2 heterocycles. The van der Waals surface area contributed by atoms with Crippen molar-refractivity contribution in [3.63, 3.8) is 0 Å². The summed E-state index contributed by atoms with van der Waals surface area (Å²) >= 11 is 0. The van der Waals surface area contributed by atoms with Crippen LogP contribution in [0.1, 0.15) is 37.8 Å². The summed E-state index contributed by atoms with van der Waals surface area (Å²) in [5.74, 6) is 2.74. The second-order valence-electron chi connectivity index (χ2n) is 7.63. The molecule has 6 rings (SSSR count). The second kappa shape index (κ2) is 4.19. The summed E-state index contributed by atoms with van der Waals surface area (Å²) in [6.45, 7) is 2.00. The summed E-state index contributed by atoms with van der Waals surface area (Å²) in [6, 6.07) is 0.421. The minimum atomic E-state index is -0.388. The van der Waals surface area contributed by atoms with E-state index in [1.165, 1.54) is 12.8 Å². The van der Waals surface area contributed by atoms with Crippen LogP contribution < -0.4 is 5.32 Å². The summed E-state index contributed by atoms with van der Waals surface area (Å²) in [4.78, 5) is 8.69. The Morgan fingerprint density at radius 2 is 2.00 bits per heavy atom. The topological polar surface area (TPSA) is 86.7 Å². The molecule has 0 saturated heterocycles. The van der Waals surface area contributed by atoms with E-state index >= 15 is 0 Å². The molecule has 6 heteroatoms. The molecule has 4 saturated carbocycles. The van der Waals surface area contributed by atoms with Gasteiger partial charge in [0.25, 0.3) is 0 Å². The van der Waals surface area contributed by atoms with Crippen LogP contribution in [0.25, 0.3) is 11.0 Å². The number of nitrogens with one attached hydrogen (secondary N) is 2. The lowest BCUT2D eigenvalue weighted by molar-refractivity contribution is -0.129. The Morgan fingerprint density at radius 3 is 2.73 bits per heavy atom. The average Bonchev–Trinajstić information content (AvgIpc) is 2.84. The second-order valence-corrected chi connectivity index (χ2v) is 7.63. The SMILES string of the molecule is Cc1[nH]nc2ncnc(NC3C4CC5CC3CC(O)(C5)C4)c12. The largest absolute Gasteiger partial charge is 0.390 e. The molecule has 6 nitrogen and oxygen atoms in total. The third-order valence-electron chi connectivity index (χ3n) is 6.08. The molecule has 4 aliphatic carbocycles. The maximum absolute atomic E-state index is 10.7. The molecule has 2 atom stereocenters. The van der Waals surface area contributed by atoms with Crippen molar-refractivity contribution in [2.24, 2.45) is 17.8 Å². The number of fused-ring (bicyclic) bond motifs is 1. The molecule has 4 bridgehead atoms. The number of aromatic amines is 1. The molecule has 2 aromatic heterocycles. The van der Waals surface area contributed by atoms with Crippen molar-refractivity contribution in [1.29, 1.82) is 0 Å². The van der Waals surface area contributed by atoms with Gasteiger partial charge < -0.3 is 10.4 Å². The van der Waals surface area contributed by atoms with Crippen molar-refractivity contribution >= 4 is 16.9 Å². The van der Waals surface area contributed by atoms with Crippen molar-refractivity contribution in [2.75, 3.05) is 5.32 Å². The van der Waals surface area contributed by atoms with Gasteiger partial charge in [-0.1, -0.05) is 0 Å². The average molecular weight is 299 g/mol. The number of rotatable bonds is 2. The monoisotopic (exact) mass is 299 g/mol. The van der Waals surface area contributed by atoms with E-state index in [0.29, 0.717) is 17.9 Å². The predicted octanol–water partition coefficient (Wildman–Crippen LogP) is 2.01. The van der Waals surface area contributed by atoms with Gasteiger partial charge in [0, 0.05) is 11.7 Å². The van der Waals surface area contributed by atoms with Crippen LogP contribution in [-0.2, 0) is 0 Å². The Hall–Kier alpha value is -1.69. The number of aliphatic hydroxyl groups is 1. The highest BCUT2D eigenvalue weighted by Crippen LogP contribution is 2.56. The number of hydrogen-bond donors (Lipinski definition) is 3. The fourth-order valence-corrected chi connectivity index (χ4v) is 5.48. The number of H-pyrrole nitrogens is 1. The Bertz CT molecular complexity index is 725. The van der Waals surface area contributed by atoms with Gasteiger partial charge in [-0.3, -0.25) is 5.10 Å². The Labute approximate surface area is 128 Å². The van der Waals surface area contributed by atoms with Crippen LogP contribution in [-0.4, -0.2) is 36.9 Å². The number of aryl methyl sites for hydroxylation is 1. The number of nitrogens with zero attached hydrogens (tertiary/aromatic N) is 3. The van der Waals surface area contributed by atoms with E-state index in [1.54, 1.807) is 6.33 Å². The van der Waals surface area contributed by atoms with Crippen molar-refractivity contribution in [3.8, 4) is 0 Å². The smallest absolute Gasteiger partial charge is 0.186 e. The lowest BCUT2D eigenvalue weighted by Gasteiger charge is -2.58. The van der Waals surface area contributed by atoms with Gasteiger partial charge in [0.05, 0.1) is 11.0 Å². The van der Waals surface area contributed by atoms with Crippen LogP contribution in [0.4, 0.5) is 5.82 Å². The van der Waals surface area contributed by atoms with E-state index in [0.717, 1.165) is 47.7 Å². The van der Waals surface area contributed by atoms with Crippen LogP contribution >= 0.6 is 0 Å². The van der Waals surface area contributed by atoms with E-state index < -0.39 is 0 Å². The Balaban J connectivity index is 1.50. The zero-order chi connectivity index (χ0) is 14.9. The molecule has 4 fully saturated rings. The van der Waals surface area contributed by atoms with E-state index in [4.69, 9.17) is 0 Å². The molecule has 2 unspecified atom stereocenters. The quantitative estimate of drug-likeness (QED) is 0.789. The zero-order valence-corrected chi connectivity index (χ0v) is 12.7. The molecule has 4 aliphatic rings. The van der Waals surface area contributed by atoms with Gasteiger partial charge in [0.15, 0.2) is 5.65 Å². The van der Waals surface area contributed by atoms with Crippen LogP contribution in [0.15, 0.2) is 6.33 Å². The molecule has 3 N–H and O–H groups in total.